The van der Waals surface area contributed by atoms with Gasteiger partial charge in [0.05, 0.1) is 11.1 Å². The molecule has 19 heavy (non-hydrogen) atoms. The number of hydrogen-bond acceptors (Lipinski definition) is 5. The molecule has 1 heterocycles. The van der Waals surface area contributed by atoms with E-state index in [9.17, 15) is 8.42 Å². The van der Waals surface area contributed by atoms with Crippen LogP contribution in [0.1, 0.15) is 19.8 Å². The topological polar surface area (TPSA) is 94.3 Å². The van der Waals surface area contributed by atoms with Gasteiger partial charge in [-0.15, -0.1) is 0 Å². The van der Waals surface area contributed by atoms with E-state index in [0.29, 0.717) is 19.4 Å². The Kier molecular flexibility index (Phi) is 4.29. The molecule has 0 radical (unpaired) electrons. The highest BCUT2D eigenvalue weighted by Crippen LogP contribution is 2.26. The van der Waals surface area contributed by atoms with E-state index in [-0.39, 0.29) is 27.9 Å². The summed E-state index contributed by atoms with van der Waals surface area (Å²) >= 11 is 5.77. The molecule has 1 aromatic rings. The number of nitrogen functional groups attached to an aromatic ring is 1. The van der Waals surface area contributed by atoms with Gasteiger partial charge in [-0.05, 0) is 25.8 Å². The summed E-state index contributed by atoms with van der Waals surface area (Å²) in [4.78, 5) is 3.76. The summed E-state index contributed by atoms with van der Waals surface area (Å²) in [5, 5.41) is 0.128. The number of anilines is 1. The number of pyridine rings is 1. The Morgan fingerprint density at radius 1 is 1.58 bits per heavy atom. The van der Waals surface area contributed by atoms with Crippen LogP contribution < -0.4 is 10.5 Å². The highest BCUT2D eigenvalue weighted by atomic mass is 35.5. The van der Waals surface area contributed by atoms with E-state index in [2.05, 4.69) is 9.71 Å². The molecule has 0 bridgehead atoms. The van der Waals surface area contributed by atoms with Gasteiger partial charge in [0.15, 0.2) is 0 Å². The Bertz CT molecular complexity index is 558. The number of nitrogens with one attached hydrogen (secondary N) is 1. The normalized spacial score (nSPS) is 23.1. The highest BCUT2D eigenvalue weighted by molar-refractivity contribution is 7.89. The maximum absolute atomic E-state index is 12.1. The molecule has 8 heteroatoms. The second-order valence-electron chi connectivity index (χ2n) is 4.41. The second kappa shape index (κ2) is 5.62. The highest BCUT2D eigenvalue weighted by Gasteiger charge is 2.33. The first-order chi connectivity index (χ1) is 8.92. The summed E-state index contributed by atoms with van der Waals surface area (Å²) in [5.41, 5.74) is 5.45. The van der Waals surface area contributed by atoms with E-state index in [4.69, 9.17) is 22.1 Å². The molecule has 3 N–H and O–H groups in total. The summed E-state index contributed by atoms with van der Waals surface area (Å²) in [6.45, 7) is 2.56. The van der Waals surface area contributed by atoms with Gasteiger partial charge in [0.1, 0.15) is 10.7 Å². The Morgan fingerprint density at radius 2 is 2.26 bits per heavy atom. The third-order valence-electron chi connectivity index (χ3n) is 2.97. The van der Waals surface area contributed by atoms with E-state index in [1.165, 1.54) is 12.3 Å². The lowest BCUT2D eigenvalue weighted by molar-refractivity contribution is -0.00475. The Hall–Kier alpha value is -0.890. The number of nitrogens with two attached hydrogens (primary N) is 1. The monoisotopic (exact) mass is 305 g/mol. The van der Waals surface area contributed by atoms with E-state index >= 15 is 0 Å². The van der Waals surface area contributed by atoms with E-state index in [1.807, 2.05) is 6.92 Å². The molecule has 2 rings (SSSR count). The van der Waals surface area contributed by atoms with Gasteiger partial charge in [-0.25, -0.2) is 18.1 Å². The van der Waals surface area contributed by atoms with Crippen LogP contribution in [0.4, 0.5) is 5.82 Å². The zero-order valence-electron chi connectivity index (χ0n) is 10.5. The predicted octanol–water partition coefficient (Wildman–Crippen LogP) is 1.16. The van der Waals surface area contributed by atoms with Crippen molar-refractivity contribution in [1.29, 1.82) is 0 Å². The minimum Gasteiger partial charge on any atom is -0.382 e. The molecule has 1 fully saturated rings. The van der Waals surface area contributed by atoms with Gasteiger partial charge >= 0.3 is 0 Å². The lowest BCUT2D eigenvalue weighted by Gasteiger charge is -2.35. The third kappa shape index (κ3) is 3.36. The molecule has 1 saturated carbocycles. The van der Waals surface area contributed by atoms with Gasteiger partial charge in [0.2, 0.25) is 10.0 Å². The van der Waals surface area contributed by atoms with Crippen LogP contribution in [-0.2, 0) is 14.8 Å². The maximum Gasteiger partial charge on any atom is 0.242 e. The number of nitrogens with zero attached hydrogens (tertiary/aromatic N) is 1. The van der Waals surface area contributed by atoms with Crippen molar-refractivity contribution in [2.75, 3.05) is 12.3 Å². The van der Waals surface area contributed by atoms with Crippen LogP contribution >= 0.6 is 11.6 Å². The predicted molar refractivity (Wildman–Crippen MR) is 72.4 cm³/mol. The standard InChI is InChI=1S/C11H16ClN3O3S/c1-2-18-8-3-7(4-8)15-19(16,17)9-5-10(12)11(13)14-6-9/h5-8,15H,2-4H2,1H3,(H2,13,14). The molecule has 0 aliphatic heterocycles. The fourth-order valence-electron chi connectivity index (χ4n) is 1.90. The van der Waals surface area contributed by atoms with Gasteiger partial charge in [-0.2, -0.15) is 0 Å². The molecule has 1 aliphatic carbocycles. The van der Waals surface area contributed by atoms with Gasteiger partial charge < -0.3 is 10.5 Å². The third-order valence-corrected chi connectivity index (χ3v) is 4.76. The first kappa shape index (κ1) is 14.5. The fraction of sp³-hybridized carbons (Fsp3) is 0.545. The Balaban J connectivity index is 2.01. The van der Waals surface area contributed by atoms with Crippen molar-refractivity contribution >= 4 is 27.4 Å². The fourth-order valence-corrected chi connectivity index (χ4v) is 3.36. The van der Waals surface area contributed by atoms with Crippen LogP contribution in [0.25, 0.3) is 0 Å². The number of hydrogen-bond donors (Lipinski definition) is 2. The van der Waals surface area contributed by atoms with Crippen LogP contribution in [-0.4, -0.2) is 32.2 Å². The summed E-state index contributed by atoms with van der Waals surface area (Å²) in [7, 11) is -3.61. The second-order valence-corrected chi connectivity index (χ2v) is 6.53. The maximum atomic E-state index is 12.1. The summed E-state index contributed by atoms with van der Waals surface area (Å²) < 4.78 is 32.1. The Morgan fingerprint density at radius 3 is 2.84 bits per heavy atom. The van der Waals surface area contributed by atoms with E-state index in [1.54, 1.807) is 0 Å². The number of aromatic nitrogens is 1. The molecular weight excluding hydrogens is 290 g/mol. The lowest BCUT2D eigenvalue weighted by Crippen LogP contribution is -2.47. The molecule has 6 nitrogen and oxygen atoms in total. The van der Waals surface area contributed by atoms with Crippen LogP contribution in [0, 0.1) is 0 Å². The van der Waals surface area contributed by atoms with Gasteiger partial charge in [0, 0.05) is 18.8 Å². The van der Waals surface area contributed by atoms with Crippen LogP contribution in [0.3, 0.4) is 0 Å². The van der Waals surface area contributed by atoms with E-state index in [0.717, 1.165) is 0 Å². The average Bonchev–Trinajstić information content (AvgIpc) is 2.30. The van der Waals surface area contributed by atoms with Crippen molar-refractivity contribution < 1.29 is 13.2 Å². The quantitative estimate of drug-likeness (QED) is 0.851. The number of rotatable bonds is 5. The summed E-state index contributed by atoms with van der Waals surface area (Å²) in [5.74, 6) is 0.112. The van der Waals surface area contributed by atoms with Crippen molar-refractivity contribution in [3.8, 4) is 0 Å². The lowest BCUT2D eigenvalue weighted by atomic mass is 9.90. The molecule has 0 aromatic carbocycles. The number of ether oxygens (including phenoxy) is 1. The first-order valence-corrected chi connectivity index (χ1v) is 7.83. The smallest absolute Gasteiger partial charge is 0.242 e. The van der Waals surface area contributed by atoms with Crippen molar-refractivity contribution in [2.24, 2.45) is 0 Å². The first-order valence-electron chi connectivity index (χ1n) is 5.97. The molecule has 106 valence electrons. The number of halogens is 1. The van der Waals surface area contributed by atoms with Crippen molar-refractivity contribution in [3.63, 3.8) is 0 Å². The van der Waals surface area contributed by atoms with Crippen LogP contribution in [0.5, 0.6) is 0 Å². The minimum atomic E-state index is -3.61. The zero-order valence-corrected chi connectivity index (χ0v) is 12.0. The van der Waals surface area contributed by atoms with Gasteiger partial charge in [0.25, 0.3) is 0 Å². The molecule has 0 amide bonds. The van der Waals surface area contributed by atoms with Crippen molar-refractivity contribution in [2.45, 2.75) is 36.8 Å². The SMILES string of the molecule is CCOC1CC(NS(=O)(=O)c2cnc(N)c(Cl)c2)C1. The molecule has 0 saturated heterocycles. The molecular formula is C11H16ClN3O3S. The average molecular weight is 306 g/mol. The van der Waals surface area contributed by atoms with Gasteiger partial charge in [-0.1, -0.05) is 11.6 Å². The number of sulfonamides is 1. The molecule has 0 unspecified atom stereocenters. The molecule has 1 aliphatic rings. The Labute approximate surface area is 117 Å². The molecule has 1 aromatic heterocycles. The summed E-state index contributed by atoms with van der Waals surface area (Å²) in [6, 6.07) is 1.20. The van der Waals surface area contributed by atoms with Crippen LogP contribution in [0.2, 0.25) is 5.02 Å². The van der Waals surface area contributed by atoms with Crippen molar-refractivity contribution in [1.82, 2.24) is 9.71 Å². The van der Waals surface area contributed by atoms with E-state index < -0.39 is 10.0 Å². The summed E-state index contributed by atoms with van der Waals surface area (Å²) in [6.07, 6.45) is 2.71. The van der Waals surface area contributed by atoms with Crippen molar-refractivity contribution in [3.05, 3.63) is 17.3 Å². The molecule has 0 atom stereocenters. The van der Waals surface area contributed by atoms with Gasteiger partial charge in [-0.3, -0.25) is 0 Å². The minimum absolute atomic E-state index is 0.0200. The zero-order chi connectivity index (χ0) is 14.0. The van der Waals surface area contributed by atoms with Crippen LogP contribution in [0.15, 0.2) is 17.2 Å². The largest absolute Gasteiger partial charge is 0.382 e. The molecule has 0 spiro atoms.